The lowest BCUT2D eigenvalue weighted by atomic mass is 9.86. The average Bonchev–Trinajstić information content (AvgIpc) is 3.75. The molecule has 0 spiro atoms. The molecule has 3 saturated heterocycles. The van der Waals surface area contributed by atoms with E-state index in [0.717, 1.165) is 57.2 Å². The van der Waals surface area contributed by atoms with Crippen molar-refractivity contribution < 1.29 is 32.6 Å². The number of likely N-dealkylation sites (tertiary alicyclic amines) is 1. The lowest BCUT2D eigenvalue weighted by Gasteiger charge is -2.50. The number of pyridine rings is 1. The number of aromatic nitrogens is 5. The van der Waals surface area contributed by atoms with Crippen LogP contribution >= 0.6 is 0 Å². The zero-order valence-electron chi connectivity index (χ0n) is 26.5. The standard InChI is InChI=1S/C31H33F3N10O2.CH2O2/c32-31(33,34)23-18-36-44(19-23)30(8-9-35)20-42(21-30)26-5-2-10-43-27(26)38-29(39-43)37-24-4-1-3-22(17-24)28(45)41-11-6-25(7-12-41)40-13-15-46-16-14-40;2-1-3/h1-5,10,17-19,25H,6-8,11-16,20-21H2,(H,37,39);1H,(H,2,3). The molecule has 0 radical (unpaired) electrons. The van der Waals surface area contributed by atoms with Crippen LogP contribution < -0.4 is 10.2 Å². The van der Waals surface area contributed by atoms with Crippen LogP contribution in [-0.2, 0) is 21.2 Å². The van der Waals surface area contributed by atoms with Gasteiger partial charge >= 0.3 is 6.18 Å². The number of amides is 1. The molecule has 0 saturated carbocycles. The number of anilines is 3. The molecule has 0 atom stereocenters. The number of halogens is 3. The number of hydrogen-bond acceptors (Lipinski definition) is 10. The molecule has 49 heavy (non-hydrogen) atoms. The number of morpholine rings is 1. The molecule has 1 amide bonds. The van der Waals surface area contributed by atoms with Crippen LogP contribution in [-0.4, -0.2) is 110 Å². The third-order valence-electron chi connectivity index (χ3n) is 9.14. The number of piperidine rings is 1. The van der Waals surface area contributed by atoms with Crippen LogP contribution in [0.1, 0.15) is 35.2 Å². The number of ether oxygens (including phenoxy) is 1. The summed E-state index contributed by atoms with van der Waals surface area (Å²) in [7, 11) is 0. The van der Waals surface area contributed by atoms with Crippen molar-refractivity contribution in [2.45, 2.75) is 37.0 Å². The normalized spacial score (nSPS) is 18.2. The highest BCUT2D eigenvalue weighted by molar-refractivity contribution is 5.95. The van der Waals surface area contributed by atoms with Crippen LogP contribution in [0.5, 0.6) is 0 Å². The minimum absolute atomic E-state index is 0.00599. The van der Waals surface area contributed by atoms with E-state index < -0.39 is 17.3 Å². The molecular formula is C32H35F3N10O4. The van der Waals surface area contributed by atoms with E-state index in [9.17, 15) is 23.2 Å². The Morgan fingerprint density at radius 2 is 1.88 bits per heavy atom. The Morgan fingerprint density at radius 1 is 1.14 bits per heavy atom. The minimum Gasteiger partial charge on any atom is -0.483 e. The van der Waals surface area contributed by atoms with Gasteiger partial charge in [-0.25, -0.2) is 4.52 Å². The van der Waals surface area contributed by atoms with Gasteiger partial charge in [0.05, 0.1) is 43.2 Å². The van der Waals surface area contributed by atoms with Crippen molar-refractivity contribution >= 4 is 35.3 Å². The zero-order chi connectivity index (χ0) is 34.6. The number of nitrogens with one attached hydrogen (secondary N) is 1. The van der Waals surface area contributed by atoms with Crippen molar-refractivity contribution in [3.05, 3.63) is 66.1 Å². The number of carbonyl (C=O) groups is 2. The van der Waals surface area contributed by atoms with Crippen molar-refractivity contribution in [2.24, 2.45) is 0 Å². The Balaban J connectivity index is 0.00000134. The van der Waals surface area contributed by atoms with Crippen LogP contribution in [0.4, 0.5) is 30.5 Å². The van der Waals surface area contributed by atoms with Gasteiger partial charge < -0.3 is 25.0 Å². The molecule has 0 unspecified atom stereocenters. The predicted octanol–water partition coefficient (Wildman–Crippen LogP) is 3.45. The van der Waals surface area contributed by atoms with Crippen molar-refractivity contribution in [3.8, 4) is 6.07 Å². The van der Waals surface area contributed by atoms with Gasteiger partial charge in [-0.2, -0.15) is 28.5 Å². The molecule has 3 aromatic heterocycles. The second kappa shape index (κ2) is 14.1. The van der Waals surface area contributed by atoms with Crippen molar-refractivity contribution in [2.75, 3.05) is 62.7 Å². The minimum atomic E-state index is -4.51. The van der Waals surface area contributed by atoms with Gasteiger partial charge in [0, 0.05) is 69.0 Å². The van der Waals surface area contributed by atoms with Crippen LogP contribution in [0, 0.1) is 11.3 Å². The fraction of sp³-hybridized carbons (Fsp3) is 0.438. The Kier molecular flexibility index (Phi) is 9.69. The fourth-order valence-corrected chi connectivity index (χ4v) is 6.66. The zero-order valence-corrected chi connectivity index (χ0v) is 26.5. The van der Waals surface area contributed by atoms with Crippen LogP contribution in [0.25, 0.3) is 5.65 Å². The summed E-state index contributed by atoms with van der Waals surface area (Å²) in [5, 5.41) is 28.1. The number of nitrogens with zero attached hydrogens (tertiary/aromatic N) is 9. The summed E-state index contributed by atoms with van der Waals surface area (Å²) in [5.41, 5.74) is 0.782. The van der Waals surface area contributed by atoms with E-state index in [-0.39, 0.29) is 31.9 Å². The van der Waals surface area contributed by atoms with Gasteiger partial charge in [0.1, 0.15) is 5.54 Å². The first-order chi connectivity index (χ1) is 23.6. The second-order valence-electron chi connectivity index (χ2n) is 12.2. The Morgan fingerprint density at radius 3 is 2.55 bits per heavy atom. The van der Waals surface area contributed by atoms with E-state index in [4.69, 9.17) is 14.6 Å². The number of rotatable bonds is 7. The summed E-state index contributed by atoms with van der Waals surface area (Å²) in [4.78, 5) is 32.8. The summed E-state index contributed by atoms with van der Waals surface area (Å²) in [6.07, 6.45) is 0.885. The highest BCUT2D eigenvalue weighted by Crippen LogP contribution is 2.39. The SMILES string of the molecule is N#CCC1(n2cc(C(F)(F)F)cn2)CN(c2cccn3nc(Nc4cccc(C(=O)N5CCC(N6CCOCC6)CC5)c4)nc23)C1.O=CO. The maximum absolute atomic E-state index is 13.4. The molecular weight excluding hydrogens is 645 g/mol. The number of alkyl halides is 3. The van der Waals surface area contributed by atoms with Crippen LogP contribution in [0.3, 0.4) is 0 Å². The molecule has 1 aromatic carbocycles. The Labute approximate surface area is 279 Å². The smallest absolute Gasteiger partial charge is 0.419 e. The molecule has 17 heteroatoms. The van der Waals surface area contributed by atoms with Gasteiger partial charge in [0.15, 0.2) is 5.65 Å². The Bertz CT molecular complexity index is 1820. The van der Waals surface area contributed by atoms with Gasteiger partial charge in [-0.05, 0) is 43.2 Å². The highest BCUT2D eigenvalue weighted by atomic mass is 19.4. The van der Waals surface area contributed by atoms with Gasteiger partial charge in [-0.1, -0.05) is 6.07 Å². The fourth-order valence-electron chi connectivity index (χ4n) is 6.66. The molecule has 0 bridgehead atoms. The largest absolute Gasteiger partial charge is 0.483 e. The van der Waals surface area contributed by atoms with E-state index in [1.54, 1.807) is 16.8 Å². The van der Waals surface area contributed by atoms with E-state index in [1.165, 1.54) is 4.68 Å². The number of carbonyl (C=O) groups excluding carboxylic acids is 1. The third kappa shape index (κ3) is 7.15. The molecule has 4 aromatic rings. The number of hydrogen-bond donors (Lipinski definition) is 2. The van der Waals surface area contributed by atoms with E-state index in [0.29, 0.717) is 42.0 Å². The highest BCUT2D eigenvalue weighted by Gasteiger charge is 2.47. The van der Waals surface area contributed by atoms with Gasteiger partial charge in [0.25, 0.3) is 12.4 Å². The third-order valence-corrected chi connectivity index (χ3v) is 9.14. The Hall–Kier alpha value is -5.21. The number of fused-ring (bicyclic) bond motifs is 1. The molecule has 7 rings (SSSR count). The molecule has 14 nitrogen and oxygen atoms in total. The molecule has 3 fully saturated rings. The quantitative estimate of drug-likeness (QED) is 0.276. The van der Waals surface area contributed by atoms with Gasteiger partial charge in [-0.3, -0.25) is 19.2 Å². The first-order valence-electron chi connectivity index (χ1n) is 15.8. The summed E-state index contributed by atoms with van der Waals surface area (Å²) in [6.45, 7) is 5.17. The summed E-state index contributed by atoms with van der Waals surface area (Å²) >= 11 is 0. The van der Waals surface area contributed by atoms with E-state index in [1.807, 2.05) is 40.1 Å². The lowest BCUT2D eigenvalue weighted by molar-refractivity contribution is -0.137. The molecule has 3 aliphatic heterocycles. The summed E-state index contributed by atoms with van der Waals surface area (Å²) < 4.78 is 48.0. The first kappa shape index (κ1) is 33.7. The van der Waals surface area contributed by atoms with E-state index >= 15 is 0 Å². The van der Waals surface area contributed by atoms with Gasteiger partial charge in [-0.15, -0.1) is 5.10 Å². The topological polar surface area (TPSA) is 157 Å². The number of nitriles is 1. The van der Waals surface area contributed by atoms with E-state index in [2.05, 4.69) is 31.5 Å². The van der Waals surface area contributed by atoms with Crippen molar-refractivity contribution in [1.82, 2.24) is 34.2 Å². The molecule has 2 N–H and O–H groups in total. The van der Waals surface area contributed by atoms with Crippen LogP contribution in [0.15, 0.2) is 55.0 Å². The number of benzene rings is 1. The monoisotopic (exact) mass is 680 g/mol. The predicted molar refractivity (Wildman–Crippen MR) is 170 cm³/mol. The maximum Gasteiger partial charge on any atom is 0.419 e. The molecule has 6 heterocycles. The summed E-state index contributed by atoms with van der Waals surface area (Å²) in [5.74, 6) is 0.321. The van der Waals surface area contributed by atoms with Crippen molar-refractivity contribution in [1.29, 1.82) is 5.26 Å². The average molecular weight is 681 g/mol. The van der Waals surface area contributed by atoms with Crippen LogP contribution in [0.2, 0.25) is 0 Å². The number of carboxylic acid groups (broad SMARTS) is 1. The molecule has 0 aliphatic carbocycles. The summed E-state index contributed by atoms with van der Waals surface area (Å²) in [6, 6.07) is 13.5. The lowest BCUT2D eigenvalue weighted by Crippen LogP contribution is -2.63. The molecule has 258 valence electrons. The van der Waals surface area contributed by atoms with Gasteiger partial charge in [0.2, 0.25) is 5.95 Å². The first-order valence-corrected chi connectivity index (χ1v) is 15.8. The molecule has 3 aliphatic rings. The van der Waals surface area contributed by atoms with Crippen molar-refractivity contribution in [3.63, 3.8) is 0 Å². The maximum atomic E-state index is 13.4. The second-order valence-corrected chi connectivity index (χ2v) is 12.2.